The number of hydrogen-bond acceptors (Lipinski definition) is 5. The molecule has 2 aromatic rings. The molecule has 1 atom stereocenters. The molecule has 2 heterocycles. The third kappa shape index (κ3) is 5.53. The van der Waals surface area contributed by atoms with Crippen LogP contribution in [-0.2, 0) is 19.6 Å². The van der Waals surface area contributed by atoms with Crippen LogP contribution in [0.5, 0.6) is 0 Å². The quantitative estimate of drug-likeness (QED) is 0.718. The smallest absolute Gasteiger partial charge is 0.243 e. The molecule has 3 rings (SSSR count). The molecule has 29 heavy (non-hydrogen) atoms. The van der Waals surface area contributed by atoms with E-state index in [0.717, 1.165) is 0 Å². The number of carbonyl (C=O) groups is 2. The number of amides is 2. The summed E-state index contributed by atoms with van der Waals surface area (Å²) in [7, 11) is -3.71. The van der Waals surface area contributed by atoms with E-state index in [-0.39, 0.29) is 29.8 Å². The van der Waals surface area contributed by atoms with Crippen LogP contribution in [0.1, 0.15) is 12.8 Å². The van der Waals surface area contributed by atoms with Crippen LogP contribution in [0, 0.1) is 5.92 Å². The van der Waals surface area contributed by atoms with Crippen molar-refractivity contribution >= 4 is 39.1 Å². The molecule has 2 N–H and O–H groups in total. The van der Waals surface area contributed by atoms with Gasteiger partial charge in [0.05, 0.1) is 17.4 Å². The van der Waals surface area contributed by atoms with Crippen LogP contribution in [0.2, 0.25) is 5.02 Å². The average molecular weight is 437 g/mol. The molecule has 0 bridgehead atoms. The zero-order chi connectivity index (χ0) is 20.9. The fourth-order valence-electron chi connectivity index (χ4n) is 3.08. The molecule has 0 unspecified atom stereocenters. The fourth-order valence-corrected chi connectivity index (χ4v) is 4.73. The van der Waals surface area contributed by atoms with Crippen molar-refractivity contribution in [3.63, 3.8) is 0 Å². The Labute approximate surface area is 174 Å². The number of piperidine rings is 1. The number of halogens is 1. The van der Waals surface area contributed by atoms with Crippen molar-refractivity contribution in [1.29, 1.82) is 0 Å². The highest BCUT2D eigenvalue weighted by Crippen LogP contribution is 2.24. The second-order valence-corrected chi connectivity index (χ2v) is 9.03. The van der Waals surface area contributed by atoms with Gasteiger partial charge in [-0.3, -0.25) is 14.6 Å². The summed E-state index contributed by atoms with van der Waals surface area (Å²) in [5.41, 5.74) is 0.581. The first-order chi connectivity index (χ1) is 13.9. The second kappa shape index (κ2) is 9.34. The van der Waals surface area contributed by atoms with Crippen molar-refractivity contribution in [2.45, 2.75) is 17.7 Å². The Balaban J connectivity index is 1.56. The zero-order valence-electron chi connectivity index (χ0n) is 15.5. The van der Waals surface area contributed by atoms with E-state index in [1.807, 2.05) is 0 Å². The van der Waals surface area contributed by atoms with Gasteiger partial charge in [0.1, 0.15) is 0 Å². The molecule has 1 aliphatic rings. The Kier molecular flexibility index (Phi) is 6.83. The Bertz CT molecular complexity index is 967. The Morgan fingerprint density at radius 3 is 2.52 bits per heavy atom. The van der Waals surface area contributed by atoms with Crippen molar-refractivity contribution in [2.24, 2.45) is 5.92 Å². The molecule has 1 aromatic heterocycles. The SMILES string of the molecule is O=C(CNC(=O)[C@@H]1CCCN(S(=O)(=O)c2ccc(Cl)cc2)C1)Nc1ccncc1. The number of anilines is 1. The number of rotatable bonds is 6. The highest BCUT2D eigenvalue weighted by atomic mass is 35.5. The first kappa shape index (κ1) is 21.2. The topological polar surface area (TPSA) is 108 Å². The lowest BCUT2D eigenvalue weighted by atomic mass is 9.99. The summed E-state index contributed by atoms with van der Waals surface area (Å²) < 4.78 is 26.9. The Hall–Kier alpha value is -2.49. The predicted molar refractivity (Wildman–Crippen MR) is 109 cm³/mol. The van der Waals surface area contributed by atoms with Gasteiger partial charge in [-0.1, -0.05) is 11.6 Å². The Morgan fingerprint density at radius 2 is 1.83 bits per heavy atom. The standard InChI is InChI=1S/C19H21ClN4O4S/c20-15-3-5-17(6-4-15)29(27,28)24-11-1-2-14(13-24)19(26)22-12-18(25)23-16-7-9-21-10-8-16/h3-10,14H,1-2,11-13H2,(H,22,26)(H,21,23,25)/t14-/m1/s1. The van der Waals surface area contributed by atoms with Gasteiger partial charge in [0.2, 0.25) is 21.8 Å². The molecule has 154 valence electrons. The summed E-state index contributed by atoms with van der Waals surface area (Å²) >= 11 is 5.83. The molecule has 0 spiro atoms. The minimum Gasteiger partial charge on any atom is -0.347 e. The van der Waals surface area contributed by atoms with Crippen molar-refractivity contribution in [1.82, 2.24) is 14.6 Å². The molecule has 10 heteroatoms. The van der Waals surface area contributed by atoms with Crippen LogP contribution in [0.25, 0.3) is 0 Å². The van der Waals surface area contributed by atoms with Gasteiger partial charge < -0.3 is 10.6 Å². The average Bonchev–Trinajstić information content (AvgIpc) is 2.73. The lowest BCUT2D eigenvalue weighted by molar-refractivity contribution is -0.128. The normalized spacial score (nSPS) is 17.5. The number of pyridine rings is 1. The molecule has 1 aromatic carbocycles. The highest BCUT2D eigenvalue weighted by molar-refractivity contribution is 7.89. The number of benzene rings is 1. The molecule has 0 saturated carbocycles. The van der Waals surface area contributed by atoms with Gasteiger partial charge in [-0.25, -0.2) is 8.42 Å². The molecule has 1 saturated heterocycles. The Morgan fingerprint density at radius 1 is 1.14 bits per heavy atom. The van der Waals surface area contributed by atoms with Crippen LogP contribution in [0.3, 0.4) is 0 Å². The summed E-state index contributed by atoms with van der Waals surface area (Å²) in [4.78, 5) is 28.4. The summed E-state index contributed by atoms with van der Waals surface area (Å²) in [6.45, 7) is 0.224. The number of nitrogens with one attached hydrogen (secondary N) is 2. The van der Waals surface area contributed by atoms with Crippen LogP contribution in [-0.4, -0.2) is 49.2 Å². The van der Waals surface area contributed by atoms with Gasteiger partial charge >= 0.3 is 0 Å². The van der Waals surface area contributed by atoms with Crippen molar-refractivity contribution < 1.29 is 18.0 Å². The minimum absolute atomic E-state index is 0.0722. The number of hydrogen-bond donors (Lipinski definition) is 2. The van der Waals surface area contributed by atoms with Gasteiger partial charge in [0.25, 0.3) is 0 Å². The van der Waals surface area contributed by atoms with Crippen molar-refractivity contribution in [3.05, 3.63) is 53.8 Å². The van der Waals surface area contributed by atoms with E-state index in [4.69, 9.17) is 11.6 Å². The summed E-state index contributed by atoms with van der Waals surface area (Å²) in [6, 6.07) is 9.21. The van der Waals surface area contributed by atoms with Crippen molar-refractivity contribution in [3.8, 4) is 0 Å². The van der Waals surface area contributed by atoms with Crippen LogP contribution in [0.15, 0.2) is 53.7 Å². The molecule has 1 fully saturated rings. The van der Waals surface area contributed by atoms with E-state index in [1.165, 1.54) is 28.6 Å². The zero-order valence-corrected chi connectivity index (χ0v) is 17.1. The fraction of sp³-hybridized carbons (Fsp3) is 0.316. The lowest BCUT2D eigenvalue weighted by Crippen LogP contribution is -2.46. The first-order valence-corrected chi connectivity index (χ1v) is 10.9. The summed E-state index contributed by atoms with van der Waals surface area (Å²) in [5, 5.41) is 5.68. The summed E-state index contributed by atoms with van der Waals surface area (Å²) in [5.74, 6) is -1.23. The summed E-state index contributed by atoms with van der Waals surface area (Å²) in [6.07, 6.45) is 4.22. The van der Waals surface area contributed by atoms with Crippen LogP contribution < -0.4 is 10.6 Å². The van der Waals surface area contributed by atoms with E-state index in [2.05, 4.69) is 15.6 Å². The maximum atomic E-state index is 12.8. The number of aromatic nitrogens is 1. The monoisotopic (exact) mass is 436 g/mol. The molecular formula is C19H21ClN4O4S. The van der Waals surface area contributed by atoms with Crippen LogP contribution >= 0.6 is 11.6 Å². The van der Waals surface area contributed by atoms with Gasteiger partial charge in [0.15, 0.2) is 0 Å². The van der Waals surface area contributed by atoms with Gasteiger partial charge in [0, 0.05) is 36.2 Å². The largest absolute Gasteiger partial charge is 0.347 e. The highest BCUT2D eigenvalue weighted by Gasteiger charge is 2.33. The maximum absolute atomic E-state index is 12.8. The van der Waals surface area contributed by atoms with Crippen molar-refractivity contribution in [2.75, 3.05) is 25.0 Å². The maximum Gasteiger partial charge on any atom is 0.243 e. The van der Waals surface area contributed by atoms with E-state index in [9.17, 15) is 18.0 Å². The van der Waals surface area contributed by atoms with E-state index in [1.54, 1.807) is 24.5 Å². The number of carbonyl (C=O) groups excluding carboxylic acids is 2. The van der Waals surface area contributed by atoms with E-state index in [0.29, 0.717) is 30.1 Å². The predicted octanol–water partition coefficient (Wildman–Crippen LogP) is 1.89. The lowest BCUT2D eigenvalue weighted by Gasteiger charge is -2.31. The van der Waals surface area contributed by atoms with Gasteiger partial charge in [-0.15, -0.1) is 0 Å². The molecule has 8 nitrogen and oxygen atoms in total. The third-order valence-electron chi connectivity index (χ3n) is 4.59. The number of nitrogens with zero attached hydrogens (tertiary/aromatic N) is 2. The third-order valence-corrected chi connectivity index (χ3v) is 6.72. The van der Waals surface area contributed by atoms with Crippen LogP contribution in [0.4, 0.5) is 5.69 Å². The number of sulfonamides is 1. The molecule has 1 aliphatic heterocycles. The second-order valence-electron chi connectivity index (χ2n) is 6.66. The van der Waals surface area contributed by atoms with Gasteiger partial charge in [-0.2, -0.15) is 4.31 Å². The molecule has 0 radical (unpaired) electrons. The minimum atomic E-state index is -3.71. The molecule has 2 amide bonds. The molecular weight excluding hydrogens is 416 g/mol. The van der Waals surface area contributed by atoms with E-state index >= 15 is 0 Å². The van der Waals surface area contributed by atoms with E-state index < -0.39 is 15.9 Å². The first-order valence-electron chi connectivity index (χ1n) is 9.09. The molecule has 0 aliphatic carbocycles. The van der Waals surface area contributed by atoms with Gasteiger partial charge in [-0.05, 0) is 49.2 Å².